The Hall–Kier alpha value is -3.51. The van der Waals surface area contributed by atoms with Gasteiger partial charge in [-0.25, -0.2) is 4.98 Å². The first kappa shape index (κ1) is 20.8. The number of anilines is 1. The van der Waals surface area contributed by atoms with Crippen molar-refractivity contribution < 1.29 is 4.79 Å². The van der Waals surface area contributed by atoms with E-state index in [4.69, 9.17) is 4.98 Å². The summed E-state index contributed by atoms with van der Waals surface area (Å²) in [4.78, 5) is 19.4. The van der Waals surface area contributed by atoms with Crippen LogP contribution in [0.3, 0.4) is 0 Å². The largest absolute Gasteiger partial charge is 0.315 e. The summed E-state index contributed by atoms with van der Waals surface area (Å²) in [7, 11) is 1.78. The van der Waals surface area contributed by atoms with Gasteiger partial charge in [-0.05, 0) is 19.1 Å². The maximum Gasteiger partial charge on any atom is 0.240 e. The minimum Gasteiger partial charge on any atom is -0.315 e. The molecule has 0 radical (unpaired) electrons. The molecule has 0 saturated heterocycles. The van der Waals surface area contributed by atoms with E-state index in [0.717, 1.165) is 28.2 Å². The van der Waals surface area contributed by atoms with Crippen molar-refractivity contribution >= 4 is 23.4 Å². The van der Waals surface area contributed by atoms with E-state index >= 15 is 0 Å². The van der Waals surface area contributed by atoms with Crippen LogP contribution < -0.4 is 4.90 Å². The first-order valence-corrected chi connectivity index (χ1v) is 10.9. The van der Waals surface area contributed by atoms with Crippen LogP contribution in [0.2, 0.25) is 0 Å². The van der Waals surface area contributed by atoms with Gasteiger partial charge in [-0.3, -0.25) is 4.79 Å². The average Bonchev–Trinajstić information content (AvgIpc) is 2.84. The standard InChI is InChI=1S/C25H22N4OS/c1-18(24(30)29(2)21-16-10-5-11-17-21)31-25-26-22(19-12-6-3-7-13-19)23(27-28-25)20-14-8-4-9-15-20/h3-18H,1-2H3. The lowest BCUT2D eigenvalue weighted by Crippen LogP contribution is -2.33. The molecule has 0 aliphatic carbocycles. The molecule has 1 aromatic heterocycles. The number of thioether (sulfide) groups is 1. The number of hydrogen-bond acceptors (Lipinski definition) is 5. The Bertz CT molecular complexity index is 1150. The summed E-state index contributed by atoms with van der Waals surface area (Å²) in [6.07, 6.45) is 0. The van der Waals surface area contributed by atoms with Crippen LogP contribution in [0.4, 0.5) is 5.69 Å². The molecule has 3 aromatic carbocycles. The topological polar surface area (TPSA) is 59.0 Å². The Morgan fingerprint density at radius 2 is 1.29 bits per heavy atom. The SMILES string of the molecule is CC(Sc1nnc(-c2ccccc2)c(-c2ccccc2)n1)C(=O)N(C)c1ccccc1. The molecule has 6 heteroatoms. The predicted molar refractivity (Wildman–Crippen MR) is 126 cm³/mol. The van der Waals surface area contributed by atoms with Gasteiger partial charge < -0.3 is 4.90 Å². The predicted octanol–water partition coefficient (Wildman–Crippen LogP) is 5.35. The van der Waals surface area contributed by atoms with Gasteiger partial charge in [-0.15, -0.1) is 10.2 Å². The second kappa shape index (κ2) is 9.53. The van der Waals surface area contributed by atoms with Crippen molar-refractivity contribution in [1.82, 2.24) is 15.2 Å². The number of carbonyl (C=O) groups is 1. The van der Waals surface area contributed by atoms with Crippen LogP contribution in [-0.4, -0.2) is 33.4 Å². The number of carbonyl (C=O) groups excluding carboxylic acids is 1. The molecule has 1 heterocycles. The molecule has 31 heavy (non-hydrogen) atoms. The minimum absolute atomic E-state index is 0.0202. The van der Waals surface area contributed by atoms with Crippen molar-refractivity contribution in [2.75, 3.05) is 11.9 Å². The number of benzene rings is 3. The third-order valence-electron chi connectivity index (χ3n) is 4.87. The first-order chi connectivity index (χ1) is 15.1. The summed E-state index contributed by atoms with van der Waals surface area (Å²) < 4.78 is 0. The van der Waals surface area contributed by atoms with Crippen molar-refractivity contribution in [1.29, 1.82) is 0 Å². The van der Waals surface area contributed by atoms with E-state index in [9.17, 15) is 4.79 Å². The number of nitrogens with zero attached hydrogens (tertiary/aromatic N) is 4. The Kier molecular flexibility index (Phi) is 6.38. The number of amides is 1. The average molecular weight is 427 g/mol. The third kappa shape index (κ3) is 4.81. The molecule has 1 amide bonds. The summed E-state index contributed by atoms with van der Waals surface area (Å²) in [6.45, 7) is 1.86. The number of rotatable bonds is 6. The molecule has 0 bridgehead atoms. The molecule has 1 atom stereocenters. The zero-order chi connectivity index (χ0) is 21.6. The fraction of sp³-hybridized carbons (Fsp3) is 0.120. The van der Waals surface area contributed by atoms with E-state index in [1.54, 1.807) is 11.9 Å². The number of hydrogen-bond donors (Lipinski definition) is 0. The van der Waals surface area contributed by atoms with Crippen molar-refractivity contribution in [3.05, 3.63) is 91.0 Å². The van der Waals surface area contributed by atoms with Gasteiger partial charge in [-0.2, -0.15) is 0 Å². The second-order valence-electron chi connectivity index (χ2n) is 7.02. The van der Waals surface area contributed by atoms with E-state index in [2.05, 4.69) is 10.2 Å². The normalized spacial score (nSPS) is 11.7. The number of para-hydroxylation sites is 1. The zero-order valence-electron chi connectivity index (χ0n) is 17.3. The highest BCUT2D eigenvalue weighted by Crippen LogP contribution is 2.31. The van der Waals surface area contributed by atoms with Crippen LogP contribution >= 0.6 is 11.8 Å². The molecule has 154 valence electrons. The van der Waals surface area contributed by atoms with Crippen LogP contribution in [0.5, 0.6) is 0 Å². The van der Waals surface area contributed by atoms with Gasteiger partial charge in [0.2, 0.25) is 11.1 Å². The van der Waals surface area contributed by atoms with Crippen LogP contribution in [0, 0.1) is 0 Å². The molecule has 1 unspecified atom stereocenters. The summed E-state index contributed by atoms with van der Waals surface area (Å²) in [6, 6.07) is 29.4. The van der Waals surface area contributed by atoms with Gasteiger partial charge in [0.15, 0.2) is 0 Å². The summed E-state index contributed by atoms with van der Waals surface area (Å²) in [5.74, 6) is -0.0202. The van der Waals surface area contributed by atoms with Crippen molar-refractivity contribution in [3.63, 3.8) is 0 Å². The van der Waals surface area contributed by atoms with Gasteiger partial charge in [0, 0.05) is 23.9 Å². The molecular weight excluding hydrogens is 404 g/mol. The van der Waals surface area contributed by atoms with Gasteiger partial charge in [0.1, 0.15) is 11.4 Å². The molecule has 0 aliphatic rings. The molecule has 4 rings (SSSR count). The van der Waals surface area contributed by atoms with Crippen LogP contribution in [-0.2, 0) is 4.79 Å². The Morgan fingerprint density at radius 3 is 1.87 bits per heavy atom. The third-order valence-corrected chi connectivity index (χ3v) is 5.80. The smallest absolute Gasteiger partial charge is 0.240 e. The highest BCUT2D eigenvalue weighted by atomic mass is 32.2. The highest BCUT2D eigenvalue weighted by Gasteiger charge is 2.22. The lowest BCUT2D eigenvalue weighted by molar-refractivity contribution is -0.117. The molecule has 0 aliphatic heterocycles. The molecule has 0 saturated carbocycles. The van der Waals surface area contributed by atoms with E-state index < -0.39 is 0 Å². The van der Waals surface area contributed by atoms with Crippen molar-refractivity contribution in [2.24, 2.45) is 0 Å². The molecule has 5 nitrogen and oxygen atoms in total. The molecule has 4 aromatic rings. The van der Waals surface area contributed by atoms with Crippen molar-refractivity contribution in [3.8, 4) is 22.5 Å². The lowest BCUT2D eigenvalue weighted by atomic mass is 10.0. The number of aromatic nitrogens is 3. The van der Waals surface area contributed by atoms with Crippen LogP contribution in [0.15, 0.2) is 96.2 Å². The molecule has 0 spiro atoms. The molecule has 0 N–H and O–H groups in total. The monoisotopic (exact) mass is 426 g/mol. The molecular formula is C25H22N4OS. The summed E-state index contributed by atoms with van der Waals surface area (Å²) >= 11 is 1.31. The maximum absolute atomic E-state index is 12.9. The quantitative estimate of drug-likeness (QED) is 0.389. The van der Waals surface area contributed by atoms with Gasteiger partial charge in [-0.1, -0.05) is 90.6 Å². The van der Waals surface area contributed by atoms with Crippen LogP contribution in [0.1, 0.15) is 6.92 Å². The summed E-state index contributed by atoms with van der Waals surface area (Å²) in [5.41, 5.74) is 4.23. The van der Waals surface area contributed by atoms with E-state index in [1.165, 1.54) is 11.8 Å². The Morgan fingerprint density at radius 1 is 0.774 bits per heavy atom. The van der Waals surface area contributed by atoms with Gasteiger partial charge in [0.05, 0.1) is 5.25 Å². The zero-order valence-corrected chi connectivity index (χ0v) is 18.2. The van der Waals surface area contributed by atoms with E-state index in [-0.39, 0.29) is 11.2 Å². The minimum atomic E-state index is -0.363. The van der Waals surface area contributed by atoms with E-state index in [1.807, 2.05) is 97.9 Å². The fourth-order valence-corrected chi connectivity index (χ4v) is 4.02. The van der Waals surface area contributed by atoms with Crippen LogP contribution in [0.25, 0.3) is 22.5 Å². The Balaban J connectivity index is 1.63. The fourth-order valence-electron chi connectivity index (χ4n) is 3.21. The second-order valence-corrected chi connectivity index (χ2v) is 8.32. The lowest BCUT2D eigenvalue weighted by Gasteiger charge is -2.20. The van der Waals surface area contributed by atoms with E-state index in [0.29, 0.717) is 5.16 Å². The van der Waals surface area contributed by atoms with Crippen molar-refractivity contribution in [2.45, 2.75) is 17.3 Å². The Labute approximate surface area is 186 Å². The van der Waals surface area contributed by atoms with Gasteiger partial charge in [0.25, 0.3) is 0 Å². The highest BCUT2D eigenvalue weighted by molar-refractivity contribution is 8.00. The first-order valence-electron chi connectivity index (χ1n) is 9.98. The maximum atomic E-state index is 12.9. The summed E-state index contributed by atoms with van der Waals surface area (Å²) in [5, 5.41) is 8.92. The molecule has 0 fully saturated rings. The van der Waals surface area contributed by atoms with Gasteiger partial charge >= 0.3 is 0 Å².